The molecule has 1 aliphatic heterocycles. The summed E-state index contributed by atoms with van der Waals surface area (Å²) in [6.07, 6.45) is 8.16. The lowest BCUT2D eigenvalue weighted by Crippen LogP contribution is -2.48. The van der Waals surface area contributed by atoms with Crippen LogP contribution in [0.3, 0.4) is 0 Å². The standard InChI is InChI=1S/C20H24N6O3S/c1-24-12-19(23-14-24)30(27,28)26-9-7-25(8-10-26)15-5-6-18-17(11-15)20(22-13-21-18)29-16-3-2-4-16/h5-6,11-14,16H,2-4,7-10H2,1H3. The van der Waals surface area contributed by atoms with Crippen molar-refractivity contribution >= 4 is 26.6 Å². The second kappa shape index (κ2) is 7.51. The smallest absolute Gasteiger partial charge is 0.262 e. The van der Waals surface area contributed by atoms with Gasteiger partial charge in [0, 0.05) is 45.1 Å². The average molecular weight is 429 g/mol. The molecular formula is C20H24N6O3S. The van der Waals surface area contributed by atoms with Crippen LogP contribution >= 0.6 is 0 Å². The fraction of sp³-hybridized carbons (Fsp3) is 0.450. The van der Waals surface area contributed by atoms with Crippen molar-refractivity contribution in [1.29, 1.82) is 0 Å². The number of aryl methyl sites for hydroxylation is 1. The summed E-state index contributed by atoms with van der Waals surface area (Å²) in [6, 6.07) is 6.04. The van der Waals surface area contributed by atoms with Crippen molar-refractivity contribution in [2.75, 3.05) is 31.1 Å². The van der Waals surface area contributed by atoms with Crippen LogP contribution in [-0.4, -0.2) is 64.5 Å². The molecule has 3 aromatic rings. The summed E-state index contributed by atoms with van der Waals surface area (Å²) in [5.41, 5.74) is 1.87. The number of imidazole rings is 1. The Hall–Kier alpha value is -2.72. The number of hydrogen-bond acceptors (Lipinski definition) is 7. The summed E-state index contributed by atoms with van der Waals surface area (Å²) >= 11 is 0. The van der Waals surface area contributed by atoms with E-state index in [-0.39, 0.29) is 11.1 Å². The maximum Gasteiger partial charge on any atom is 0.262 e. The third-order valence-corrected chi connectivity index (χ3v) is 7.59. The number of nitrogens with zero attached hydrogens (tertiary/aromatic N) is 6. The molecule has 1 aliphatic carbocycles. The van der Waals surface area contributed by atoms with Gasteiger partial charge in [-0.1, -0.05) is 0 Å². The van der Waals surface area contributed by atoms with Crippen molar-refractivity contribution in [3.05, 3.63) is 37.1 Å². The van der Waals surface area contributed by atoms with Gasteiger partial charge in [0.2, 0.25) is 5.88 Å². The maximum absolute atomic E-state index is 12.8. The first-order valence-corrected chi connectivity index (χ1v) is 11.6. The molecule has 0 atom stereocenters. The van der Waals surface area contributed by atoms with Crippen LogP contribution < -0.4 is 9.64 Å². The molecule has 9 nitrogen and oxygen atoms in total. The predicted octanol–water partition coefficient (Wildman–Crippen LogP) is 1.81. The number of fused-ring (bicyclic) bond motifs is 1. The highest BCUT2D eigenvalue weighted by molar-refractivity contribution is 7.89. The number of aromatic nitrogens is 4. The summed E-state index contributed by atoms with van der Waals surface area (Å²) in [4.78, 5) is 14.9. The Kier molecular flexibility index (Phi) is 4.82. The van der Waals surface area contributed by atoms with E-state index in [9.17, 15) is 8.42 Å². The SMILES string of the molecule is Cn1cnc(S(=O)(=O)N2CCN(c3ccc4ncnc(OC5CCC5)c4c3)CC2)c1. The quantitative estimate of drug-likeness (QED) is 0.612. The van der Waals surface area contributed by atoms with Crippen LogP contribution in [0.15, 0.2) is 42.1 Å². The molecule has 1 saturated carbocycles. The molecule has 2 aliphatic rings. The number of anilines is 1. The Labute approximate surface area is 175 Å². The highest BCUT2D eigenvalue weighted by atomic mass is 32.2. The predicted molar refractivity (Wildman–Crippen MR) is 112 cm³/mol. The molecule has 2 fully saturated rings. The van der Waals surface area contributed by atoms with Crippen molar-refractivity contribution in [2.45, 2.75) is 30.4 Å². The van der Waals surface area contributed by atoms with E-state index < -0.39 is 10.0 Å². The van der Waals surface area contributed by atoms with E-state index in [0.717, 1.165) is 29.4 Å². The monoisotopic (exact) mass is 428 g/mol. The molecule has 0 amide bonds. The largest absolute Gasteiger partial charge is 0.474 e. The zero-order chi connectivity index (χ0) is 20.7. The van der Waals surface area contributed by atoms with Crippen LogP contribution in [0.5, 0.6) is 5.88 Å². The highest BCUT2D eigenvalue weighted by Gasteiger charge is 2.30. The summed E-state index contributed by atoms with van der Waals surface area (Å²) in [5.74, 6) is 0.628. The molecule has 30 heavy (non-hydrogen) atoms. The van der Waals surface area contributed by atoms with Gasteiger partial charge in [0.25, 0.3) is 10.0 Å². The molecule has 0 unspecified atom stereocenters. The van der Waals surface area contributed by atoms with Gasteiger partial charge in [-0.2, -0.15) is 4.31 Å². The van der Waals surface area contributed by atoms with Gasteiger partial charge in [0.1, 0.15) is 12.4 Å². The molecule has 1 aromatic carbocycles. The Balaban J connectivity index is 1.34. The van der Waals surface area contributed by atoms with Gasteiger partial charge in [-0.25, -0.2) is 23.4 Å². The van der Waals surface area contributed by atoms with E-state index in [1.54, 1.807) is 11.6 Å². The first-order chi connectivity index (χ1) is 14.5. The molecule has 10 heteroatoms. The number of hydrogen-bond donors (Lipinski definition) is 0. The minimum absolute atomic E-state index is 0.0964. The minimum atomic E-state index is -3.56. The first kappa shape index (κ1) is 19.3. The van der Waals surface area contributed by atoms with E-state index in [0.29, 0.717) is 32.1 Å². The van der Waals surface area contributed by atoms with Crippen LogP contribution in [0.1, 0.15) is 19.3 Å². The number of sulfonamides is 1. The van der Waals surface area contributed by atoms with E-state index >= 15 is 0 Å². The summed E-state index contributed by atoms with van der Waals surface area (Å²) in [7, 11) is -1.80. The van der Waals surface area contributed by atoms with E-state index in [1.165, 1.54) is 29.6 Å². The molecule has 2 aromatic heterocycles. The molecule has 3 heterocycles. The van der Waals surface area contributed by atoms with Gasteiger partial charge in [0.15, 0.2) is 5.03 Å². The second-order valence-corrected chi connectivity index (χ2v) is 9.70. The zero-order valence-corrected chi connectivity index (χ0v) is 17.6. The van der Waals surface area contributed by atoms with Crippen molar-refractivity contribution in [2.24, 2.45) is 7.05 Å². The first-order valence-electron chi connectivity index (χ1n) is 10.2. The lowest BCUT2D eigenvalue weighted by atomic mass is 9.96. The third-order valence-electron chi connectivity index (χ3n) is 5.80. The van der Waals surface area contributed by atoms with Gasteiger partial charge in [-0.15, -0.1) is 0 Å². The Morgan fingerprint density at radius 3 is 2.53 bits per heavy atom. The van der Waals surface area contributed by atoms with Gasteiger partial charge in [-0.05, 0) is 37.5 Å². The average Bonchev–Trinajstić information content (AvgIpc) is 3.18. The summed E-state index contributed by atoms with van der Waals surface area (Å²) < 4.78 is 34.8. The van der Waals surface area contributed by atoms with E-state index in [1.807, 2.05) is 18.2 Å². The number of piperazine rings is 1. The van der Waals surface area contributed by atoms with Crippen molar-refractivity contribution in [3.8, 4) is 5.88 Å². The topological polar surface area (TPSA) is 93.5 Å². The number of benzene rings is 1. The molecule has 0 radical (unpaired) electrons. The maximum atomic E-state index is 12.8. The normalized spacial score (nSPS) is 18.5. The van der Waals surface area contributed by atoms with E-state index in [4.69, 9.17) is 4.74 Å². The molecule has 0 spiro atoms. The van der Waals surface area contributed by atoms with Gasteiger partial charge >= 0.3 is 0 Å². The Morgan fingerprint density at radius 1 is 1.07 bits per heavy atom. The highest BCUT2D eigenvalue weighted by Crippen LogP contribution is 2.31. The minimum Gasteiger partial charge on any atom is -0.474 e. The lowest BCUT2D eigenvalue weighted by molar-refractivity contribution is 0.116. The van der Waals surface area contributed by atoms with Gasteiger partial charge < -0.3 is 14.2 Å². The molecule has 0 N–H and O–H groups in total. The van der Waals surface area contributed by atoms with Gasteiger partial charge in [-0.3, -0.25) is 0 Å². The lowest BCUT2D eigenvalue weighted by Gasteiger charge is -2.35. The molecule has 0 bridgehead atoms. The van der Waals surface area contributed by atoms with Crippen LogP contribution in [0.2, 0.25) is 0 Å². The molecule has 158 valence electrons. The number of ether oxygens (including phenoxy) is 1. The molecule has 5 rings (SSSR count). The third kappa shape index (κ3) is 3.50. The Morgan fingerprint density at radius 2 is 1.87 bits per heavy atom. The molecular weight excluding hydrogens is 404 g/mol. The fourth-order valence-electron chi connectivity index (χ4n) is 3.80. The van der Waals surface area contributed by atoms with Crippen LogP contribution in [0, 0.1) is 0 Å². The number of rotatable bonds is 5. The Bertz CT molecular complexity index is 1170. The summed E-state index contributed by atoms with van der Waals surface area (Å²) in [5, 5.41) is 0.990. The van der Waals surface area contributed by atoms with Crippen LogP contribution in [-0.2, 0) is 17.1 Å². The van der Waals surface area contributed by atoms with Crippen LogP contribution in [0.4, 0.5) is 5.69 Å². The zero-order valence-electron chi connectivity index (χ0n) is 16.8. The van der Waals surface area contributed by atoms with Gasteiger partial charge in [0.05, 0.1) is 17.2 Å². The van der Waals surface area contributed by atoms with Crippen molar-refractivity contribution in [3.63, 3.8) is 0 Å². The second-order valence-electron chi connectivity index (χ2n) is 7.82. The van der Waals surface area contributed by atoms with Crippen molar-refractivity contribution in [1.82, 2.24) is 23.8 Å². The fourth-order valence-corrected chi connectivity index (χ4v) is 5.19. The summed E-state index contributed by atoms with van der Waals surface area (Å²) in [6.45, 7) is 2.02. The molecule has 1 saturated heterocycles. The van der Waals surface area contributed by atoms with Crippen LogP contribution in [0.25, 0.3) is 10.9 Å². The van der Waals surface area contributed by atoms with Crippen molar-refractivity contribution < 1.29 is 13.2 Å². The van der Waals surface area contributed by atoms with E-state index in [2.05, 4.69) is 19.9 Å².